The zero-order valence-corrected chi connectivity index (χ0v) is 19.1. The number of amides is 2. The van der Waals surface area contributed by atoms with Crippen LogP contribution in [-0.4, -0.2) is 60.0 Å². The van der Waals surface area contributed by atoms with Crippen molar-refractivity contribution >= 4 is 29.0 Å². The number of benzene rings is 2. The summed E-state index contributed by atoms with van der Waals surface area (Å²) in [6, 6.07) is 16.6. The highest BCUT2D eigenvalue weighted by Crippen LogP contribution is 2.39. The van der Waals surface area contributed by atoms with Gasteiger partial charge in [-0.2, -0.15) is 0 Å². The minimum Gasteiger partial charge on any atom is -0.495 e. The molecule has 5 rings (SSSR count). The van der Waals surface area contributed by atoms with E-state index in [0.29, 0.717) is 54.8 Å². The molecule has 34 heavy (non-hydrogen) atoms. The Morgan fingerprint density at radius 3 is 2.18 bits per heavy atom. The predicted molar refractivity (Wildman–Crippen MR) is 129 cm³/mol. The van der Waals surface area contributed by atoms with Crippen molar-refractivity contribution in [3.8, 4) is 5.75 Å². The molecular formula is C26H25N5O3. The molecule has 8 nitrogen and oxygen atoms in total. The second-order valence-electron chi connectivity index (χ2n) is 8.23. The van der Waals surface area contributed by atoms with Crippen LogP contribution in [0.4, 0.5) is 11.6 Å². The lowest BCUT2D eigenvalue weighted by Crippen LogP contribution is -2.48. The fourth-order valence-electron chi connectivity index (χ4n) is 4.45. The number of methoxy groups -OCH3 is 1. The third kappa shape index (κ3) is 3.77. The van der Waals surface area contributed by atoms with Gasteiger partial charge >= 0.3 is 0 Å². The number of ether oxygens (including phenoxy) is 1. The minimum atomic E-state index is -0.344. The number of carbonyl (C=O) groups is 2. The summed E-state index contributed by atoms with van der Waals surface area (Å²) >= 11 is 0. The van der Waals surface area contributed by atoms with Crippen molar-refractivity contribution in [2.45, 2.75) is 6.92 Å². The number of carbonyl (C=O) groups excluding carboxylic acids is 2. The lowest BCUT2D eigenvalue weighted by atomic mass is 10.0. The van der Waals surface area contributed by atoms with E-state index in [0.717, 1.165) is 11.1 Å². The number of anilines is 2. The Bertz CT molecular complexity index is 1250. The standard InChI is InChI=1S/C26H25N5O3/c1-18-9-10-21(34-2)20(17-18)31-24(32)22(19-7-4-3-5-8-19)23(25(31)33)29-13-15-30(16-14-29)26-27-11-6-12-28-26/h3-12,17H,13-16H2,1-2H3. The van der Waals surface area contributed by atoms with Crippen LogP contribution in [0.5, 0.6) is 5.75 Å². The van der Waals surface area contributed by atoms with Gasteiger partial charge in [-0.05, 0) is 36.2 Å². The topological polar surface area (TPSA) is 78.9 Å². The van der Waals surface area contributed by atoms with Gasteiger partial charge in [0.05, 0.1) is 18.4 Å². The van der Waals surface area contributed by atoms with Gasteiger partial charge in [-0.3, -0.25) is 9.59 Å². The summed E-state index contributed by atoms with van der Waals surface area (Å²) in [5.74, 6) is 0.465. The van der Waals surface area contributed by atoms with Crippen LogP contribution in [0.3, 0.4) is 0 Å². The molecule has 0 unspecified atom stereocenters. The SMILES string of the molecule is COc1ccc(C)cc1N1C(=O)C(c2ccccc2)=C(N2CCN(c3ncccn3)CC2)C1=O. The summed E-state index contributed by atoms with van der Waals surface area (Å²) in [5, 5.41) is 0. The van der Waals surface area contributed by atoms with Gasteiger partial charge in [0.25, 0.3) is 11.8 Å². The van der Waals surface area contributed by atoms with Gasteiger partial charge in [0.1, 0.15) is 11.4 Å². The van der Waals surface area contributed by atoms with E-state index in [4.69, 9.17) is 4.74 Å². The van der Waals surface area contributed by atoms with Gasteiger partial charge in [-0.15, -0.1) is 0 Å². The van der Waals surface area contributed by atoms with E-state index >= 15 is 0 Å². The summed E-state index contributed by atoms with van der Waals surface area (Å²) in [5.41, 5.74) is 2.95. The molecule has 0 atom stereocenters. The molecule has 2 aliphatic rings. The van der Waals surface area contributed by atoms with Crippen LogP contribution >= 0.6 is 0 Å². The molecule has 2 aromatic carbocycles. The van der Waals surface area contributed by atoms with E-state index in [-0.39, 0.29) is 11.8 Å². The maximum absolute atomic E-state index is 13.8. The van der Waals surface area contributed by atoms with E-state index in [1.165, 1.54) is 12.0 Å². The number of piperazine rings is 1. The van der Waals surface area contributed by atoms with Crippen LogP contribution in [0.15, 0.2) is 72.7 Å². The van der Waals surface area contributed by atoms with Gasteiger partial charge in [0, 0.05) is 38.6 Å². The summed E-state index contributed by atoms with van der Waals surface area (Å²) in [4.78, 5) is 41.6. The molecule has 0 saturated carbocycles. The maximum Gasteiger partial charge on any atom is 0.282 e. The van der Waals surface area contributed by atoms with Crippen molar-refractivity contribution in [2.75, 3.05) is 43.1 Å². The van der Waals surface area contributed by atoms with Gasteiger partial charge in [-0.25, -0.2) is 14.9 Å². The molecule has 0 aliphatic carbocycles. The maximum atomic E-state index is 13.8. The van der Waals surface area contributed by atoms with Crippen LogP contribution in [0, 0.1) is 6.92 Å². The van der Waals surface area contributed by atoms with Gasteiger partial charge < -0.3 is 14.5 Å². The first-order valence-corrected chi connectivity index (χ1v) is 11.2. The largest absolute Gasteiger partial charge is 0.495 e. The van der Waals surface area contributed by atoms with Crippen LogP contribution in [0.25, 0.3) is 5.57 Å². The Kier molecular flexibility index (Phi) is 5.71. The van der Waals surface area contributed by atoms with Gasteiger partial charge in [0.15, 0.2) is 0 Å². The van der Waals surface area contributed by atoms with Crippen molar-refractivity contribution in [3.63, 3.8) is 0 Å². The first-order chi connectivity index (χ1) is 16.6. The second-order valence-corrected chi connectivity index (χ2v) is 8.23. The normalized spacial score (nSPS) is 16.5. The van der Waals surface area contributed by atoms with Crippen molar-refractivity contribution in [1.29, 1.82) is 0 Å². The average molecular weight is 456 g/mol. The first kappa shape index (κ1) is 21.6. The average Bonchev–Trinajstić information content (AvgIpc) is 3.14. The third-order valence-electron chi connectivity index (χ3n) is 6.13. The number of nitrogens with zero attached hydrogens (tertiary/aromatic N) is 5. The Morgan fingerprint density at radius 2 is 1.50 bits per heavy atom. The molecule has 1 saturated heterocycles. The molecule has 2 aliphatic heterocycles. The van der Waals surface area contributed by atoms with E-state index in [1.807, 2.05) is 54.3 Å². The minimum absolute atomic E-state index is 0.336. The zero-order valence-electron chi connectivity index (χ0n) is 19.1. The van der Waals surface area contributed by atoms with E-state index in [2.05, 4.69) is 14.9 Å². The summed E-state index contributed by atoms with van der Waals surface area (Å²) in [6.45, 7) is 4.35. The number of hydrogen-bond donors (Lipinski definition) is 0. The molecule has 0 radical (unpaired) electrons. The molecule has 3 aromatic rings. The monoisotopic (exact) mass is 455 g/mol. The molecule has 3 heterocycles. The molecular weight excluding hydrogens is 430 g/mol. The Hall–Kier alpha value is -4.20. The highest BCUT2D eigenvalue weighted by Gasteiger charge is 2.44. The Labute approximate surface area is 198 Å². The molecule has 1 fully saturated rings. The van der Waals surface area contributed by atoms with Crippen LogP contribution in [0.2, 0.25) is 0 Å². The van der Waals surface area contributed by atoms with E-state index in [9.17, 15) is 9.59 Å². The van der Waals surface area contributed by atoms with E-state index in [1.54, 1.807) is 24.5 Å². The molecule has 0 bridgehead atoms. The van der Waals surface area contributed by atoms with Crippen LogP contribution in [0.1, 0.15) is 11.1 Å². The van der Waals surface area contributed by atoms with Crippen molar-refractivity contribution in [3.05, 3.63) is 83.8 Å². The van der Waals surface area contributed by atoms with Crippen molar-refractivity contribution < 1.29 is 14.3 Å². The molecule has 2 amide bonds. The van der Waals surface area contributed by atoms with Crippen molar-refractivity contribution in [1.82, 2.24) is 14.9 Å². The van der Waals surface area contributed by atoms with E-state index < -0.39 is 0 Å². The number of imide groups is 1. The molecule has 172 valence electrons. The number of aryl methyl sites for hydroxylation is 1. The zero-order chi connectivity index (χ0) is 23.7. The highest BCUT2D eigenvalue weighted by molar-refractivity contribution is 6.45. The molecule has 1 aromatic heterocycles. The van der Waals surface area contributed by atoms with Crippen LogP contribution in [-0.2, 0) is 9.59 Å². The summed E-state index contributed by atoms with van der Waals surface area (Å²) in [7, 11) is 1.54. The highest BCUT2D eigenvalue weighted by atomic mass is 16.5. The number of rotatable bonds is 5. The summed E-state index contributed by atoms with van der Waals surface area (Å²) in [6.07, 6.45) is 3.44. The Balaban J connectivity index is 1.52. The number of hydrogen-bond acceptors (Lipinski definition) is 7. The predicted octanol–water partition coefficient (Wildman–Crippen LogP) is 2.90. The fourth-order valence-corrected chi connectivity index (χ4v) is 4.45. The number of aromatic nitrogens is 2. The quantitative estimate of drug-likeness (QED) is 0.548. The molecule has 0 N–H and O–H groups in total. The smallest absolute Gasteiger partial charge is 0.282 e. The Morgan fingerprint density at radius 1 is 0.824 bits per heavy atom. The van der Waals surface area contributed by atoms with Crippen molar-refractivity contribution in [2.24, 2.45) is 0 Å². The van der Waals surface area contributed by atoms with Crippen LogP contribution < -0.4 is 14.5 Å². The first-order valence-electron chi connectivity index (χ1n) is 11.2. The summed E-state index contributed by atoms with van der Waals surface area (Å²) < 4.78 is 5.50. The third-order valence-corrected chi connectivity index (χ3v) is 6.13. The second kappa shape index (κ2) is 8.97. The molecule has 8 heteroatoms. The lowest BCUT2D eigenvalue weighted by molar-refractivity contribution is -0.120. The lowest BCUT2D eigenvalue weighted by Gasteiger charge is -2.36. The fraction of sp³-hybridized carbons (Fsp3) is 0.231. The van der Waals surface area contributed by atoms with Gasteiger partial charge in [0.2, 0.25) is 5.95 Å². The molecule has 0 spiro atoms. The van der Waals surface area contributed by atoms with Gasteiger partial charge in [-0.1, -0.05) is 36.4 Å².